The third kappa shape index (κ3) is 6.87. The maximum atomic E-state index is 12.0. The topological polar surface area (TPSA) is 67.4 Å². The zero-order valence-corrected chi connectivity index (χ0v) is 17.6. The van der Waals surface area contributed by atoms with Crippen molar-refractivity contribution in [2.24, 2.45) is 0 Å². The Morgan fingerprint density at radius 2 is 1.69 bits per heavy atom. The summed E-state index contributed by atoms with van der Waals surface area (Å²) < 4.78 is 6.48. The van der Waals surface area contributed by atoms with Crippen molar-refractivity contribution in [2.75, 3.05) is 28.7 Å². The van der Waals surface area contributed by atoms with Gasteiger partial charge in [0.05, 0.1) is 18.1 Å². The normalized spacial score (nSPS) is 10.3. The van der Waals surface area contributed by atoms with E-state index >= 15 is 0 Å². The largest absolute Gasteiger partial charge is 0.494 e. The summed E-state index contributed by atoms with van der Waals surface area (Å²) in [6.45, 7) is 4.48. The Hall–Kier alpha value is -1.74. The van der Waals surface area contributed by atoms with Crippen LogP contribution in [0, 0.1) is 10.5 Å². The van der Waals surface area contributed by atoms with E-state index in [-0.39, 0.29) is 23.3 Å². The van der Waals surface area contributed by atoms with Crippen molar-refractivity contribution in [3.8, 4) is 5.75 Å². The summed E-state index contributed by atoms with van der Waals surface area (Å²) in [7, 11) is 0. The van der Waals surface area contributed by atoms with E-state index in [0.29, 0.717) is 12.3 Å². The molecule has 2 rings (SSSR count). The van der Waals surface area contributed by atoms with Gasteiger partial charge in [-0.1, -0.05) is 0 Å². The Labute approximate surface area is 171 Å². The van der Waals surface area contributed by atoms with Gasteiger partial charge in [-0.3, -0.25) is 9.59 Å². The second-order valence-electron chi connectivity index (χ2n) is 5.51. The van der Waals surface area contributed by atoms with E-state index in [4.69, 9.17) is 4.74 Å². The maximum Gasteiger partial charge on any atom is 0.234 e. The van der Waals surface area contributed by atoms with Gasteiger partial charge in [-0.25, -0.2) is 0 Å². The van der Waals surface area contributed by atoms with Crippen LogP contribution in [-0.4, -0.2) is 29.9 Å². The molecule has 0 spiro atoms. The van der Waals surface area contributed by atoms with Crippen LogP contribution in [0.5, 0.6) is 5.75 Å². The van der Waals surface area contributed by atoms with E-state index in [1.54, 1.807) is 12.1 Å². The number of halogens is 1. The molecule has 138 valence electrons. The maximum absolute atomic E-state index is 12.0. The number of thioether (sulfide) groups is 1. The number of hydrogen-bond acceptors (Lipinski definition) is 4. The van der Waals surface area contributed by atoms with Crippen LogP contribution < -0.4 is 15.4 Å². The minimum atomic E-state index is -0.141. The monoisotopic (exact) mass is 484 g/mol. The number of benzene rings is 2. The van der Waals surface area contributed by atoms with E-state index in [1.807, 2.05) is 44.2 Å². The molecule has 2 N–H and O–H groups in total. The number of carbonyl (C=O) groups excluding carboxylic acids is 2. The van der Waals surface area contributed by atoms with Crippen molar-refractivity contribution in [1.29, 1.82) is 0 Å². The molecule has 2 amide bonds. The summed E-state index contributed by atoms with van der Waals surface area (Å²) in [4.78, 5) is 24.0. The van der Waals surface area contributed by atoms with Crippen LogP contribution in [0.25, 0.3) is 0 Å². The van der Waals surface area contributed by atoms with E-state index < -0.39 is 0 Å². The molecule has 0 aliphatic rings. The Bertz CT molecular complexity index is 766. The highest BCUT2D eigenvalue weighted by Gasteiger charge is 2.08. The number of amides is 2. The molecule has 0 aliphatic heterocycles. The minimum absolute atomic E-state index is 0.117. The predicted molar refractivity (Wildman–Crippen MR) is 116 cm³/mol. The molecular weight excluding hydrogens is 463 g/mol. The van der Waals surface area contributed by atoms with Gasteiger partial charge in [0, 0.05) is 14.9 Å². The average molecular weight is 484 g/mol. The van der Waals surface area contributed by atoms with Crippen molar-refractivity contribution in [2.45, 2.75) is 13.8 Å². The van der Waals surface area contributed by atoms with Gasteiger partial charge in [-0.15, -0.1) is 11.8 Å². The summed E-state index contributed by atoms with van der Waals surface area (Å²) in [5.74, 6) is 0.946. The lowest BCUT2D eigenvalue weighted by molar-refractivity contribution is -0.114. The highest BCUT2D eigenvalue weighted by molar-refractivity contribution is 14.1. The molecular formula is C19H21IN2O3S. The van der Waals surface area contributed by atoms with Crippen molar-refractivity contribution >= 4 is 57.5 Å². The highest BCUT2D eigenvalue weighted by Crippen LogP contribution is 2.18. The number of anilines is 2. The third-order valence-electron chi connectivity index (χ3n) is 3.38. The lowest BCUT2D eigenvalue weighted by atomic mass is 10.2. The molecule has 0 saturated carbocycles. The first kappa shape index (κ1) is 20.6. The first-order chi connectivity index (χ1) is 12.5. The van der Waals surface area contributed by atoms with E-state index in [0.717, 1.165) is 20.6 Å². The Kier molecular flexibility index (Phi) is 8.24. The molecule has 0 saturated heterocycles. The van der Waals surface area contributed by atoms with Gasteiger partial charge in [0.2, 0.25) is 11.8 Å². The van der Waals surface area contributed by atoms with Crippen LogP contribution in [-0.2, 0) is 9.59 Å². The van der Waals surface area contributed by atoms with Gasteiger partial charge < -0.3 is 15.4 Å². The average Bonchev–Trinajstić information content (AvgIpc) is 2.59. The van der Waals surface area contributed by atoms with Gasteiger partial charge in [0.25, 0.3) is 0 Å². The zero-order valence-electron chi connectivity index (χ0n) is 14.7. The summed E-state index contributed by atoms with van der Waals surface area (Å²) >= 11 is 3.51. The number of ether oxygens (including phenoxy) is 1. The van der Waals surface area contributed by atoms with Crippen molar-refractivity contribution in [3.63, 3.8) is 0 Å². The minimum Gasteiger partial charge on any atom is -0.494 e. The van der Waals surface area contributed by atoms with E-state index in [1.165, 1.54) is 11.8 Å². The van der Waals surface area contributed by atoms with Crippen LogP contribution in [0.1, 0.15) is 12.5 Å². The van der Waals surface area contributed by atoms with Crippen molar-refractivity contribution in [1.82, 2.24) is 0 Å². The summed E-state index contributed by atoms with van der Waals surface area (Å²) in [5.41, 5.74) is 2.52. The lowest BCUT2D eigenvalue weighted by Gasteiger charge is -2.09. The second-order valence-corrected chi connectivity index (χ2v) is 7.74. The van der Waals surface area contributed by atoms with Crippen LogP contribution in [0.4, 0.5) is 11.4 Å². The first-order valence-corrected chi connectivity index (χ1v) is 10.4. The number of rotatable bonds is 8. The van der Waals surface area contributed by atoms with Gasteiger partial charge in [0.1, 0.15) is 5.75 Å². The first-order valence-electron chi connectivity index (χ1n) is 8.14. The predicted octanol–water partition coefficient (Wildman–Crippen LogP) is 4.31. The molecule has 0 fully saturated rings. The number of hydrogen-bond donors (Lipinski definition) is 2. The molecule has 0 atom stereocenters. The molecule has 0 radical (unpaired) electrons. The van der Waals surface area contributed by atoms with Gasteiger partial charge >= 0.3 is 0 Å². The van der Waals surface area contributed by atoms with Crippen LogP contribution in [0.3, 0.4) is 0 Å². The number of aryl methyl sites for hydroxylation is 1. The zero-order chi connectivity index (χ0) is 18.9. The van der Waals surface area contributed by atoms with Crippen molar-refractivity contribution < 1.29 is 14.3 Å². The molecule has 2 aromatic rings. The molecule has 7 heteroatoms. The van der Waals surface area contributed by atoms with E-state index in [2.05, 4.69) is 33.2 Å². The standard InChI is InChI=1S/C19H21IN2O3S/c1-3-25-16-7-5-15(6-8-16)21-18(23)11-26-12-19(24)22-17-9-4-14(20)10-13(17)2/h4-10H,3,11-12H2,1-2H3,(H,21,23)(H,22,24). The summed E-state index contributed by atoms with van der Waals surface area (Å²) in [6, 6.07) is 13.0. The SMILES string of the molecule is CCOc1ccc(NC(=O)CSCC(=O)Nc2ccc(I)cc2C)cc1. The Morgan fingerprint density at radius 1 is 1.04 bits per heavy atom. The molecule has 2 aromatic carbocycles. The van der Waals surface area contributed by atoms with Gasteiger partial charge in [-0.05, 0) is 84.5 Å². The van der Waals surface area contributed by atoms with Gasteiger partial charge in [0.15, 0.2) is 0 Å². The lowest BCUT2D eigenvalue weighted by Crippen LogP contribution is -2.18. The van der Waals surface area contributed by atoms with Crippen LogP contribution in [0.15, 0.2) is 42.5 Å². The molecule has 0 bridgehead atoms. The fourth-order valence-electron chi connectivity index (χ4n) is 2.19. The van der Waals surface area contributed by atoms with Crippen molar-refractivity contribution in [3.05, 3.63) is 51.6 Å². The van der Waals surface area contributed by atoms with E-state index in [9.17, 15) is 9.59 Å². The number of nitrogens with one attached hydrogen (secondary N) is 2. The van der Waals surface area contributed by atoms with Gasteiger partial charge in [-0.2, -0.15) is 0 Å². The summed E-state index contributed by atoms with van der Waals surface area (Å²) in [5, 5.41) is 5.67. The molecule has 26 heavy (non-hydrogen) atoms. The fraction of sp³-hybridized carbons (Fsp3) is 0.263. The molecule has 0 aromatic heterocycles. The van der Waals surface area contributed by atoms with Crippen LogP contribution in [0.2, 0.25) is 0 Å². The molecule has 0 heterocycles. The van der Waals surface area contributed by atoms with Crippen LogP contribution >= 0.6 is 34.4 Å². The smallest absolute Gasteiger partial charge is 0.234 e. The molecule has 0 aliphatic carbocycles. The fourth-order valence-corrected chi connectivity index (χ4v) is 3.45. The Balaban J connectivity index is 1.72. The third-order valence-corrected chi connectivity index (χ3v) is 4.98. The highest BCUT2D eigenvalue weighted by atomic mass is 127. The number of carbonyl (C=O) groups is 2. The molecule has 5 nitrogen and oxygen atoms in total. The molecule has 0 unspecified atom stereocenters. The summed E-state index contributed by atoms with van der Waals surface area (Å²) in [6.07, 6.45) is 0. The quantitative estimate of drug-likeness (QED) is 0.549. The second kappa shape index (κ2) is 10.4. The Morgan fingerprint density at radius 3 is 2.31 bits per heavy atom.